The lowest BCUT2D eigenvalue weighted by Crippen LogP contribution is -2.50. The molecule has 2 rings (SSSR count). The number of nitrogens with zero attached hydrogens (tertiary/aromatic N) is 3. The number of amides is 2. The second-order valence-electron chi connectivity index (χ2n) is 5.79. The van der Waals surface area contributed by atoms with Crippen LogP contribution < -0.4 is 5.32 Å². The normalized spacial score (nSPS) is 16.4. The van der Waals surface area contributed by atoms with Crippen molar-refractivity contribution in [2.45, 2.75) is 52.7 Å². The van der Waals surface area contributed by atoms with Gasteiger partial charge in [0.1, 0.15) is 6.04 Å². The van der Waals surface area contributed by atoms with E-state index in [9.17, 15) is 9.59 Å². The Bertz CT molecular complexity index is 607. The van der Waals surface area contributed by atoms with Crippen molar-refractivity contribution in [3.63, 3.8) is 0 Å². The zero-order chi connectivity index (χ0) is 16.3. The van der Waals surface area contributed by atoms with Crippen molar-refractivity contribution in [1.82, 2.24) is 25.0 Å². The van der Waals surface area contributed by atoms with Crippen LogP contribution in [-0.4, -0.2) is 44.1 Å². The van der Waals surface area contributed by atoms with Crippen LogP contribution in [0.2, 0.25) is 0 Å². The molecule has 1 saturated heterocycles. The van der Waals surface area contributed by atoms with E-state index in [1.165, 1.54) is 0 Å². The summed E-state index contributed by atoms with van der Waals surface area (Å²) in [5.41, 5.74) is 0. The van der Waals surface area contributed by atoms with Crippen LogP contribution in [0.1, 0.15) is 39.4 Å². The Morgan fingerprint density at radius 2 is 2.23 bits per heavy atom. The molecule has 7 nitrogen and oxygen atoms in total. The monoisotopic (exact) mass is 325 g/mol. The van der Waals surface area contributed by atoms with Crippen LogP contribution in [0.3, 0.4) is 0 Å². The molecule has 1 atom stereocenters. The van der Waals surface area contributed by atoms with Gasteiger partial charge in [-0.25, -0.2) is 0 Å². The first-order valence-electron chi connectivity index (χ1n) is 7.67. The maximum Gasteiger partial charge on any atom is 0.243 e. The van der Waals surface area contributed by atoms with E-state index < -0.39 is 6.04 Å². The lowest BCUT2D eigenvalue weighted by Gasteiger charge is -2.29. The van der Waals surface area contributed by atoms with Crippen LogP contribution in [0, 0.1) is 10.7 Å². The summed E-state index contributed by atoms with van der Waals surface area (Å²) < 4.78 is 2.38. The number of aromatic nitrogens is 3. The van der Waals surface area contributed by atoms with Gasteiger partial charge >= 0.3 is 0 Å². The molecule has 8 heteroatoms. The van der Waals surface area contributed by atoms with E-state index in [4.69, 9.17) is 12.2 Å². The number of likely N-dealkylation sites (tertiary alicyclic amines) is 1. The fraction of sp³-hybridized carbons (Fsp3) is 0.714. The molecule has 1 aromatic heterocycles. The van der Waals surface area contributed by atoms with Crippen molar-refractivity contribution in [3.05, 3.63) is 10.6 Å². The molecule has 0 spiro atoms. The highest BCUT2D eigenvalue weighted by atomic mass is 32.1. The van der Waals surface area contributed by atoms with Gasteiger partial charge in [0.05, 0.1) is 6.54 Å². The van der Waals surface area contributed by atoms with E-state index in [-0.39, 0.29) is 17.7 Å². The van der Waals surface area contributed by atoms with E-state index in [2.05, 4.69) is 15.5 Å². The zero-order valence-corrected chi connectivity index (χ0v) is 14.1. The highest BCUT2D eigenvalue weighted by molar-refractivity contribution is 7.71. The molecule has 0 saturated carbocycles. The van der Waals surface area contributed by atoms with Gasteiger partial charge in [0, 0.05) is 19.5 Å². The SMILES string of the molecule is CCn1c(CNC(=O)[C@@H](C(C)C)N2CCCC2=O)n[nH]c1=S. The molecule has 1 aliphatic heterocycles. The van der Waals surface area contributed by atoms with Gasteiger partial charge in [-0.15, -0.1) is 0 Å². The number of carbonyl (C=O) groups excluding carboxylic acids is 2. The first-order chi connectivity index (χ1) is 10.5. The second kappa shape index (κ2) is 7.04. The third kappa shape index (κ3) is 3.37. The average Bonchev–Trinajstić information content (AvgIpc) is 3.03. The molecule has 1 aromatic rings. The van der Waals surface area contributed by atoms with Gasteiger partial charge in [0.25, 0.3) is 0 Å². The third-order valence-corrected chi connectivity index (χ3v) is 4.23. The molecule has 0 bridgehead atoms. The van der Waals surface area contributed by atoms with E-state index in [0.717, 1.165) is 6.42 Å². The molecule has 0 radical (unpaired) electrons. The molecular weight excluding hydrogens is 302 g/mol. The number of aromatic amines is 1. The smallest absolute Gasteiger partial charge is 0.243 e. The van der Waals surface area contributed by atoms with Gasteiger partial charge in [0.2, 0.25) is 11.8 Å². The third-order valence-electron chi connectivity index (χ3n) is 3.92. The van der Waals surface area contributed by atoms with Crippen molar-refractivity contribution in [2.24, 2.45) is 5.92 Å². The minimum absolute atomic E-state index is 0.0603. The topological polar surface area (TPSA) is 83.0 Å². The zero-order valence-electron chi connectivity index (χ0n) is 13.3. The van der Waals surface area contributed by atoms with Crippen LogP contribution in [-0.2, 0) is 22.7 Å². The molecular formula is C14H23N5O2S. The fourth-order valence-electron chi connectivity index (χ4n) is 2.85. The van der Waals surface area contributed by atoms with E-state index in [0.29, 0.717) is 36.7 Å². The minimum atomic E-state index is -0.424. The summed E-state index contributed by atoms with van der Waals surface area (Å²) in [4.78, 5) is 26.1. The van der Waals surface area contributed by atoms with Gasteiger partial charge in [-0.3, -0.25) is 14.7 Å². The first-order valence-corrected chi connectivity index (χ1v) is 8.07. The Labute approximate surface area is 135 Å². The summed E-state index contributed by atoms with van der Waals surface area (Å²) in [5.74, 6) is 0.678. The van der Waals surface area contributed by atoms with E-state index in [1.54, 1.807) is 4.90 Å². The van der Waals surface area contributed by atoms with Crippen molar-refractivity contribution in [2.75, 3.05) is 6.54 Å². The quantitative estimate of drug-likeness (QED) is 0.771. The summed E-state index contributed by atoms with van der Waals surface area (Å²) in [6.07, 6.45) is 1.36. The number of hydrogen-bond acceptors (Lipinski definition) is 4. The standard InChI is InChI=1S/C14H23N5O2S/c1-4-18-10(16-17-14(18)22)8-15-13(21)12(9(2)3)19-7-5-6-11(19)20/h9,12H,4-8H2,1-3H3,(H,15,21)(H,17,22)/t12-/m1/s1. The van der Waals surface area contributed by atoms with Crippen LogP contribution in [0.15, 0.2) is 0 Å². The predicted molar refractivity (Wildman–Crippen MR) is 84.5 cm³/mol. The number of carbonyl (C=O) groups is 2. The Balaban J connectivity index is 2.05. The van der Waals surface area contributed by atoms with Crippen molar-refractivity contribution >= 4 is 24.0 Å². The van der Waals surface area contributed by atoms with Crippen LogP contribution in [0.25, 0.3) is 0 Å². The van der Waals surface area contributed by atoms with Crippen molar-refractivity contribution in [3.8, 4) is 0 Å². The Morgan fingerprint density at radius 3 is 2.77 bits per heavy atom. The van der Waals surface area contributed by atoms with Gasteiger partial charge in [-0.2, -0.15) is 5.10 Å². The van der Waals surface area contributed by atoms with Crippen LogP contribution in [0.4, 0.5) is 0 Å². The molecule has 122 valence electrons. The molecule has 0 aromatic carbocycles. The lowest BCUT2D eigenvalue weighted by atomic mass is 10.0. The maximum atomic E-state index is 12.5. The second-order valence-corrected chi connectivity index (χ2v) is 6.17. The Morgan fingerprint density at radius 1 is 1.50 bits per heavy atom. The Hall–Kier alpha value is -1.70. The fourth-order valence-corrected chi connectivity index (χ4v) is 3.13. The highest BCUT2D eigenvalue weighted by Crippen LogP contribution is 2.19. The van der Waals surface area contributed by atoms with Gasteiger partial charge < -0.3 is 14.8 Å². The average molecular weight is 325 g/mol. The predicted octanol–water partition coefficient (Wildman–Crippen LogP) is 1.22. The molecule has 1 fully saturated rings. The summed E-state index contributed by atoms with van der Waals surface area (Å²) >= 11 is 5.13. The molecule has 2 N–H and O–H groups in total. The maximum absolute atomic E-state index is 12.5. The summed E-state index contributed by atoms with van der Waals surface area (Å²) in [7, 11) is 0. The largest absolute Gasteiger partial charge is 0.347 e. The van der Waals surface area contributed by atoms with Crippen LogP contribution >= 0.6 is 12.2 Å². The number of rotatable bonds is 6. The van der Waals surface area contributed by atoms with Gasteiger partial charge in [-0.1, -0.05) is 13.8 Å². The van der Waals surface area contributed by atoms with Crippen molar-refractivity contribution in [1.29, 1.82) is 0 Å². The molecule has 0 unspecified atom stereocenters. The highest BCUT2D eigenvalue weighted by Gasteiger charge is 2.34. The molecule has 2 amide bonds. The summed E-state index contributed by atoms with van der Waals surface area (Å²) in [6.45, 7) is 7.53. The molecule has 22 heavy (non-hydrogen) atoms. The number of hydrogen-bond donors (Lipinski definition) is 2. The molecule has 2 heterocycles. The van der Waals surface area contributed by atoms with E-state index in [1.807, 2.05) is 25.3 Å². The van der Waals surface area contributed by atoms with Crippen LogP contribution in [0.5, 0.6) is 0 Å². The van der Waals surface area contributed by atoms with Crippen molar-refractivity contribution < 1.29 is 9.59 Å². The Kier molecular flexibility index (Phi) is 5.33. The summed E-state index contributed by atoms with van der Waals surface area (Å²) in [5, 5.41) is 9.74. The summed E-state index contributed by atoms with van der Waals surface area (Å²) in [6, 6.07) is -0.424. The minimum Gasteiger partial charge on any atom is -0.347 e. The van der Waals surface area contributed by atoms with Gasteiger partial charge in [-0.05, 0) is 31.5 Å². The molecule has 1 aliphatic rings. The van der Waals surface area contributed by atoms with Gasteiger partial charge in [0.15, 0.2) is 10.6 Å². The number of nitrogens with one attached hydrogen (secondary N) is 2. The number of H-pyrrole nitrogens is 1. The lowest BCUT2D eigenvalue weighted by molar-refractivity contribution is -0.139. The molecule has 0 aliphatic carbocycles. The first kappa shape index (κ1) is 16.7. The van der Waals surface area contributed by atoms with E-state index >= 15 is 0 Å².